The van der Waals surface area contributed by atoms with E-state index in [0.29, 0.717) is 0 Å². The van der Waals surface area contributed by atoms with Crippen LogP contribution in [0, 0.1) is 0 Å². The van der Waals surface area contributed by atoms with Crippen LogP contribution in [0.25, 0.3) is 0 Å². The van der Waals surface area contributed by atoms with Crippen LogP contribution in [-0.4, -0.2) is 43.6 Å². The third-order valence-electron chi connectivity index (χ3n) is 3.12. The fourth-order valence-corrected chi connectivity index (χ4v) is 44.9. The summed E-state index contributed by atoms with van der Waals surface area (Å²) in [5, 5.41) is 0. The zero-order valence-corrected chi connectivity index (χ0v) is 18.6. The SMILES string of the molecule is CCO[SiH](CC(C)P([Si](C)(C)C)[Si](C)(C)C)OCC. The highest BCUT2D eigenvalue weighted by molar-refractivity contribution is 8.18. The molecule has 19 heavy (non-hydrogen) atoms. The fraction of sp³-hybridized carbons (Fsp3) is 1.00. The van der Waals surface area contributed by atoms with Crippen molar-refractivity contribution in [3.05, 3.63) is 0 Å². The molecule has 6 heteroatoms. The maximum atomic E-state index is 5.89. The van der Waals surface area contributed by atoms with E-state index in [1.807, 2.05) is 0 Å². The Balaban J connectivity index is 4.85. The molecule has 0 aliphatic rings. The van der Waals surface area contributed by atoms with Gasteiger partial charge in [0, 0.05) is 13.2 Å². The molecule has 0 N–H and O–H groups in total. The Morgan fingerprint density at radius 1 is 0.895 bits per heavy atom. The molecule has 2 nitrogen and oxygen atoms in total. The first kappa shape index (κ1) is 20.0. The molecule has 0 aliphatic heterocycles. The largest absolute Gasteiger partial charge is 0.397 e. The Labute approximate surface area is 126 Å². The first-order valence-electron chi connectivity index (χ1n) is 7.56. The van der Waals surface area contributed by atoms with Gasteiger partial charge in [-0.2, -0.15) is 0 Å². The third-order valence-corrected chi connectivity index (χ3v) is 33.4. The van der Waals surface area contributed by atoms with Crippen LogP contribution < -0.4 is 0 Å². The molecule has 0 spiro atoms. The van der Waals surface area contributed by atoms with Crippen molar-refractivity contribution in [2.75, 3.05) is 13.2 Å². The number of hydrogen-bond donors (Lipinski definition) is 0. The second-order valence-electron chi connectivity index (χ2n) is 7.14. The predicted octanol–water partition coefficient (Wildman–Crippen LogP) is 4.82. The Morgan fingerprint density at radius 2 is 1.26 bits per heavy atom. The maximum absolute atomic E-state index is 5.89. The zero-order valence-electron chi connectivity index (χ0n) is 14.5. The van der Waals surface area contributed by atoms with Gasteiger partial charge in [-0.25, -0.2) is 0 Å². The Kier molecular flexibility index (Phi) is 8.89. The predicted molar refractivity (Wildman–Crippen MR) is 98.3 cm³/mol. The van der Waals surface area contributed by atoms with Crippen molar-refractivity contribution in [2.24, 2.45) is 0 Å². The summed E-state index contributed by atoms with van der Waals surface area (Å²) in [4.78, 5) is 0. The minimum absolute atomic E-state index is 0.195. The van der Waals surface area contributed by atoms with Gasteiger partial charge in [-0.15, -0.1) is 7.02 Å². The van der Waals surface area contributed by atoms with E-state index in [1.165, 1.54) is 6.04 Å². The van der Waals surface area contributed by atoms with Crippen molar-refractivity contribution in [1.29, 1.82) is 0 Å². The Bertz CT molecular complexity index is 231. The van der Waals surface area contributed by atoms with Crippen LogP contribution in [0.3, 0.4) is 0 Å². The van der Waals surface area contributed by atoms with E-state index in [4.69, 9.17) is 8.85 Å². The zero-order chi connectivity index (χ0) is 15.3. The smallest absolute Gasteiger partial charge is 0.321 e. The molecule has 0 bridgehead atoms. The molecule has 0 saturated heterocycles. The highest BCUT2D eigenvalue weighted by Crippen LogP contribution is 2.59. The molecule has 0 fully saturated rings. The standard InChI is InChI=1S/C13H35O2PSi3/c1-10-14-17(15-11-2)12-13(3)16(18(4,5)6)19(7,8)9/h13,17H,10-12H2,1-9H3. The summed E-state index contributed by atoms with van der Waals surface area (Å²) >= 11 is 0. The molecule has 0 amide bonds. The normalized spacial score (nSPS) is 15.3. The lowest BCUT2D eigenvalue weighted by molar-refractivity contribution is 0.213. The molecular weight excluding hydrogens is 303 g/mol. The fourth-order valence-electron chi connectivity index (χ4n) is 3.27. The van der Waals surface area contributed by atoms with Gasteiger partial charge in [0.2, 0.25) is 0 Å². The van der Waals surface area contributed by atoms with Gasteiger partial charge in [0.1, 0.15) is 0 Å². The molecule has 116 valence electrons. The van der Waals surface area contributed by atoms with Gasteiger partial charge >= 0.3 is 9.28 Å². The molecule has 0 aromatic heterocycles. The van der Waals surface area contributed by atoms with E-state index in [2.05, 4.69) is 60.1 Å². The quantitative estimate of drug-likeness (QED) is 0.443. The highest BCUT2D eigenvalue weighted by Gasteiger charge is 2.41. The van der Waals surface area contributed by atoms with Crippen molar-refractivity contribution in [1.82, 2.24) is 0 Å². The van der Waals surface area contributed by atoms with Crippen LogP contribution in [-0.2, 0) is 8.85 Å². The average Bonchev–Trinajstić information content (AvgIpc) is 2.12. The molecule has 0 aromatic carbocycles. The van der Waals surface area contributed by atoms with Crippen molar-refractivity contribution in [3.8, 4) is 0 Å². The minimum Gasteiger partial charge on any atom is -0.397 e. The molecule has 0 heterocycles. The molecule has 0 aromatic rings. The molecule has 1 atom stereocenters. The molecule has 0 radical (unpaired) electrons. The van der Waals surface area contributed by atoms with Crippen LogP contribution in [0.5, 0.6) is 0 Å². The molecule has 0 saturated carbocycles. The first-order valence-corrected chi connectivity index (χ1v) is 19.4. The van der Waals surface area contributed by atoms with E-state index in [1.54, 1.807) is 0 Å². The Hall–Kier alpha value is 1.00. The summed E-state index contributed by atoms with van der Waals surface area (Å²) in [6.07, 6.45) is 0. The molecule has 1 unspecified atom stereocenters. The van der Waals surface area contributed by atoms with Gasteiger partial charge in [-0.3, -0.25) is 0 Å². The maximum Gasteiger partial charge on any atom is 0.321 e. The van der Waals surface area contributed by atoms with Crippen LogP contribution >= 0.6 is 7.02 Å². The van der Waals surface area contributed by atoms with Gasteiger partial charge in [-0.05, 0) is 25.6 Å². The summed E-state index contributed by atoms with van der Waals surface area (Å²) in [6.45, 7) is 23.6. The third kappa shape index (κ3) is 7.53. The first-order chi connectivity index (χ1) is 8.54. The van der Waals surface area contributed by atoms with Gasteiger partial charge < -0.3 is 8.85 Å². The lowest BCUT2D eigenvalue weighted by Crippen LogP contribution is -2.39. The van der Waals surface area contributed by atoms with Crippen LogP contribution in [0.1, 0.15) is 20.8 Å². The Morgan fingerprint density at radius 3 is 1.53 bits per heavy atom. The second-order valence-corrected chi connectivity index (χ2v) is 31.7. The van der Waals surface area contributed by atoms with Crippen molar-refractivity contribution < 1.29 is 8.85 Å². The van der Waals surface area contributed by atoms with E-state index < -0.39 is 24.8 Å². The van der Waals surface area contributed by atoms with E-state index in [0.717, 1.165) is 18.9 Å². The van der Waals surface area contributed by atoms with Crippen molar-refractivity contribution >= 4 is 31.8 Å². The number of hydrogen-bond acceptors (Lipinski definition) is 2. The van der Waals surface area contributed by atoms with Crippen LogP contribution in [0.15, 0.2) is 0 Å². The average molecular weight is 339 g/mol. The van der Waals surface area contributed by atoms with Crippen molar-refractivity contribution in [2.45, 2.75) is 71.8 Å². The molecular formula is C13H35O2PSi3. The molecule has 0 aliphatic carbocycles. The lowest BCUT2D eigenvalue weighted by Gasteiger charge is -2.44. The van der Waals surface area contributed by atoms with E-state index in [-0.39, 0.29) is 7.02 Å². The summed E-state index contributed by atoms with van der Waals surface area (Å²) in [7, 11) is -3.36. The van der Waals surface area contributed by atoms with E-state index >= 15 is 0 Å². The second kappa shape index (κ2) is 8.44. The summed E-state index contributed by atoms with van der Waals surface area (Å²) < 4.78 is 11.8. The number of rotatable bonds is 9. The van der Waals surface area contributed by atoms with Gasteiger partial charge in [0.25, 0.3) is 0 Å². The van der Waals surface area contributed by atoms with E-state index in [9.17, 15) is 0 Å². The van der Waals surface area contributed by atoms with Gasteiger partial charge in [-0.1, -0.05) is 46.2 Å². The summed E-state index contributed by atoms with van der Waals surface area (Å²) in [6, 6.07) is 1.21. The summed E-state index contributed by atoms with van der Waals surface area (Å²) in [5.41, 5.74) is 0.822. The minimum atomic E-state index is -1.43. The van der Waals surface area contributed by atoms with Crippen LogP contribution in [0.4, 0.5) is 0 Å². The summed E-state index contributed by atoms with van der Waals surface area (Å²) in [5.74, 6) is 0. The van der Waals surface area contributed by atoms with Crippen LogP contribution in [0.2, 0.25) is 45.3 Å². The topological polar surface area (TPSA) is 18.5 Å². The lowest BCUT2D eigenvalue weighted by atomic mass is 10.6. The van der Waals surface area contributed by atoms with Crippen molar-refractivity contribution in [3.63, 3.8) is 0 Å². The highest BCUT2D eigenvalue weighted by atomic mass is 31.6. The van der Waals surface area contributed by atoms with Gasteiger partial charge in [0.15, 0.2) is 0 Å². The monoisotopic (exact) mass is 338 g/mol. The molecule has 0 rings (SSSR count). The van der Waals surface area contributed by atoms with Gasteiger partial charge in [0.05, 0.1) is 15.5 Å².